The summed E-state index contributed by atoms with van der Waals surface area (Å²) >= 11 is 1.49. The van der Waals surface area contributed by atoms with Gasteiger partial charge in [0.2, 0.25) is 0 Å². The number of hydrogen-bond donors (Lipinski definition) is 1. The van der Waals surface area contributed by atoms with E-state index in [-0.39, 0.29) is 18.2 Å². The Balaban J connectivity index is 1.98. The third-order valence-electron chi connectivity index (χ3n) is 5.01. The van der Waals surface area contributed by atoms with E-state index in [2.05, 4.69) is 29.1 Å². The number of nitrogens with zero attached hydrogens (tertiary/aromatic N) is 2. The Hall–Kier alpha value is -2.41. The lowest BCUT2D eigenvalue weighted by Crippen LogP contribution is -2.30. The van der Waals surface area contributed by atoms with Gasteiger partial charge in [0, 0.05) is 23.5 Å². The fraction of sp³-hybridized carbons (Fsp3) is 0.478. The molecule has 0 saturated heterocycles. The molecule has 0 fully saturated rings. The van der Waals surface area contributed by atoms with Crippen molar-refractivity contribution in [3.8, 4) is 0 Å². The van der Waals surface area contributed by atoms with Gasteiger partial charge in [0.05, 0.1) is 0 Å². The van der Waals surface area contributed by atoms with Gasteiger partial charge in [-0.25, -0.2) is 9.97 Å². The van der Waals surface area contributed by atoms with Crippen molar-refractivity contribution >= 4 is 29.3 Å². The summed E-state index contributed by atoms with van der Waals surface area (Å²) in [5.74, 6) is -0.483. The lowest BCUT2D eigenvalue weighted by molar-refractivity contribution is -0.153. The number of anilines is 1. The molecule has 30 heavy (non-hydrogen) atoms. The predicted octanol–water partition coefficient (Wildman–Crippen LogP) is 4.75. The molecule has 1 amide bonds. The SMILES string of the molecule is CSc1nc(C)c(CCC(=O)O[C@H](C)C(=O)Nc2c(C)cccc2C(C)C)c(C)n1. The number of rotatable bonds is 8. The third kappa shape index (κ3) is 6.05. The van der Waals surface area contributed by atoms with Crippen LogP contribution in [-0.2, 0) is 20.7 Å². The van der Waals surface area contributed by atoms with Crippen LogP contribution < -0.4 is 5.32 Å². The number of amides is 1. The average molecular weight is 430 g/mol. The van der Waals surface area contributed by atoms with Crippen molar-refractivity contribution in [2.24, 2.45) is 0 Å². The van der Waals surface area contributed by atoms with Crippen LogP contribution in [-0.4, -0.2) is 34.2 Å². The Morgan fingerprint density at radius 3 is 2.30 bits per heavy atom. The number of thioether (sulfide) groups is 1. The number of nitrogens with one attached hydrogen (secondary N) is 1. The first-order valence-corrected chi connectivity index (χ1v) is 11.3. The molecule has 1 N–H and O–H groups in total. The summed E-state index contributed by atoms with van der Waals surface area (Å²) in [5.41, 5.74) is 5.51. The van der Waals surface area contributed by atoms with E-state index < -0.39 is 12.1 Å². The van der Waals surface area contributed by atoms with E-state index in [0.29, 0.717) is 6.42 Å². The summed E-state index contributed by atoms with van der Waals surface area (Å²) in [6.45, 7) is 11.5. The molecule has 0 radical (unpaired) electrons. The molecule has 2 rings (SSSR count). The minimum absolute atomic E-state index is 0.170. The van der Waals surface area contributed by atoms with Gasteiger partial charge in [-0.3, -0.25) is 9.59 Å². The highest BCUT2D eigenvalue weighted by Crippen LogP contribution is 2.27. The van der Waals surface area contributed by atoms with Gasteiger partial charge in [0.25, 0.3) is 5.91 Å². The highest BCUT2D eigenvalue weighted by Gasteiger charge is 2.21. The first-order valence-electron chi connectivity index (χ1n) is 10.1. The Kier molecular flexibility index (Phi) is 8.41. The molecule has 6 nitrogen and oxygen atoms in total. The molecule has 0 bridgehead atoms. The summed E-state index contributed by atoms with van der Waals surface area (Å²) in [4.78, 5) is 33.8. The molecule has 2 aromatic rings. The maximum Gasteiger partial charge on any atom is 0.306 e. The summed E-state index contributed by atoms with van der Waals surface area (Å²) in [6, 6.07) is 5.93. The van der Waals surface area contributed by atoms with E-state index in [1.807, 2.05) is 45.2 Å². The Morgan fingerprint density at radius 2 is 1.73 bits per heavy atom. The molecule has 162 valence electrons. The second-order valence-corrected chi connectivity index (χ2v) is 8.45. The third-order valence-corrected chi connectivity index (χ3v) is 5.56. The van der Waals surface area contributed by atoms with E-state index in [1.54, 1.807) is 6.92 Å². The normalized spacial score (nSPS) is 12.0. The van der Waals surface area contributed by atoms with Crippen LogP contribution in [0.2, 0.25) is 0 Å². The molecule has 0 spiro atoms. The minimum Gasteiger partial charge on any atom is -0.453 e. The molecule has 0 aliphatic heterocycles. The van der Waals surface area contributed by atoms with Crippen LogP contribution in [0.1, 0.15) is 61.2 Å². The van der Waals surface area contributed by atoms with Crippen molar-refractivity contribution in [2.45, 2.75) is 71.6 Å². The van der Waals surface area contributed by atoms with Crippen LogP contribution in [0.5, 0.6) is 0 Å². The van der Waals surface area contributed by atoms with Crippen molar-refractivity contribution in [3.63, 3.8) is 0 Å². The molecule has 0 aliphatic rings. The number of aryl methyl sites for hydroxylation is 3. The minimum atomic E-state index is -0.880. The zero-order valence-electron chi connectivity index (χ0n) is 18.8. The lowest BCUT2D eigenvalue weighted by Gasteiger charge is -2.19. The van der Waals surface area contributed by atoms with E-state index in [1.165, 1.54) is 11.8 Å². The molecule has 1 atom stereocenters. The van der Waals surface area contributed by atoms with Crippen LogP contribution >= 0.6 is 11.8 Å². The van der Waals surface area contributed by atoms with Crippen molar-refractivity contribution in [2.75, 3.05) is 11.6 Å². The van der Waals surface area contributed by atoms with Gasteiger partial charge in [-0.2, -0.15) is 0 Å². The lowest BCUT2D eigenvalue weighted by atomic mass is 9.98. The average Bonchev–Trinajstić information content (AvgIpc) is 2.68. The largest absolute Gasteiger partial charge is 0.453 e. The highest BCUT2D eigenvalue weighted by atomic mass is 32.2. The smallest absolute Gasteiger partial charge is 0.306 e. The van der Waals surface area contributed by atoms with Gasteiger partial charge in [-0.05, 0) is 63.0 Å². The zero-order valence-corrected chi connectivity index (χ0v) is 19.6. The number of aromatic nitrogens is 2. The summed E-state index contributed by atoms with van der Waals surface area (Å²) in [7, 11) is 0. The molecule has 7 heteroatoms. The Labute approximate surface area is 183 Å². The summed E-state index contributed by atoms with van der Waals surface area (Å²) < 4.78 is 5.38. The number of para-hydroxylation sites is 1. The highest BCUT2D eigenvalue weighted by molar-refractivity contribution is 7.98. The molecule has 1 heterocycles. The van der Waals surface area contributed by atoms with Gasteiger partial charge in [-0.15, -0.1) is 0 Å². The second-order valence-electron chi connectivity index (χ2n) is 7.67. The topological polar surface area (TPSA) is 81.2 Å². The van der Waals surface area contributed by atoms with Gasteiger partial charge in [0.1, 0.15) is 0 Å². The van der Waals surface area contributed by atoms with E-state index in [9.17, 15) is 9.59 Å². The molecular weight excluding hydrogens is 398 g/mol. The molecule has 0 aliphatic carbocycles. The van der Waals surface area contributed by atoms with Crippen LogP contribution in [0, 0.1) is 20.8 Å². The molecular formula is C23H31N3O3S. The molecule has 0 saturated carbocycles. The van der Waals surface area contributed by atoms with Crippen molar-refractivity contribution < 1.29 is 14.3 Å². The van der Waals surface area contributed by atoms with Gasteiger partial charge >= 0.3 is 5.97 Å². The predicted molar refractivity (Wildman–Crippen MR) is 121 cm³/mol. The number of carbonyl (C=O) groups is 2. The van der Waals surface area contributed by atoms with Crippen LogP contribution in [0.25, 0.3) is 0 Å². The number of hydrogen-bond acceptors (Lipinski definition) is 6. The van der Waals surface area contributed by atoms with Gasteiger partial charge < -0.3 is 10.1 Å². The van der Waals surface area contributed by atoms with Crippen LogP contribution in [0.4, 0.5) is 5.69 Å². The molecule has 0 unspecified atom stereocenters. The fourth-order valence-corrected chi connectivity index (χ4v) is 3.72. The van der Waals surface area contributed by atoms with Crippen LogP contribution in [0.3, 0.4) is 0 Å². The number of carbonyl (C=O) groups excluding carboxylic acids is 2. The Bertz CT molecular complexity index is 905. The standard InChI is InChI=1S/C23H31N3O3S/c1-13(2)18-10-8-9-14(3)21(18)26-22(28)17(6)29-20(27)12-11-19-15(4)24-23(30-7)25-16(19)5/h8-10,13,17H,11-12H2,1-7H3,(H,26,28)/t17-/m1/s1. The number of benzene rings is 1. The van der Waals surface area contributed by atoms with Gasteiger partial charge in [-0.1, -0.05) is 43.8 Å². The van der Waals surface area contributed by atoms with E-state index in [4.69, 9.17) is 4.74 Å². The Morgan fingerprint density at radius 1 is 1.10 bits per heavy atom. The maximum absolute atomic E-state index is 12.6. The van der Waals surface area contributed by atoms with Crippen molar-refractivity contribution in [3.05, 3.63) is 46.3 Å². The number of esters is 1. The van der Waals surface area contributed by atoms with Crippen molar-refractivity contribution in [1.82, 2.24) is 9.97 Å². The van der Waals surface area contributed by atoms with E-state index in [0.717, 1.165) is 38.9 Å². The maximum atomic E-state index is 12.6. The number of ether oxygens (including phenoxy) is 1. The molecule has 1 aromatic carbocycles. The van der Waals surface area contributed by atoms with Crippen LogP contribution in [0.15, 0.2) is 23.4 Å². The molecule has 1 aromatic heterocycles. The van der Waals surface area contributed by atoms with E-state index >= 15 is 0 Å². The monoisotopic (exact) mass is 429 g/mol. The fourth-order valence-electron chi connectivity index (χ4n) is 3.27. The second kappa shape index (κ2) is 10.6. The first kappa shape index (κ1) is 23.9. The van der Waals surface area contributed by atoms with Crippen molar-refractivity contribution in [1.29, 1.82) is 0 Å². The van der Waals surface area contributed by atoms with Gasteiger partial charge in [0.15, 0.2) is 11.3 Å². The quantitative estimate of drug-likeness (QED) is 0.370. The first-order chi connectivity index (χ1) is 14.1. The summed E-state index contributed by atoms with van der Waals surface area (Å²) in [5, 5.41) is 3.65. The zero-order chi connectivity index (χ0) is 22.4. The summed E-state index contributed by atoms with van der Waals surface area (Å²) in [6.07, 6.45) is 1.70.